The van der Waals surface area contributed by atoms with Crippen molar-refractivity contribution in [1.29, 1.82) is 0 Å². The van der Waals surface area contributed by atoms with Crippen LogP contribution in [0.25, 0.3) is 0 Å². The van der Waals surface area contributed by atoms with Crippen molar-refractivity contribution in [2.75, 3.05) is 5.32 Å². The highest BCUT2D eigenvalue weighted by molar-refractivity contribution is 9.10. The van der Waals surface area contributed by atoms with E-state index in [1.807, 2.05) is 0 Å². The molecule has 0 atom stereocenters. The summed E-state index contributed by atoms with van der Waals surface area (Å²) in [6, 6.07) is 5.01. The second kappa shape index (κ2) is 6.02. The Bertz CT molecular complexity index is 540. The Morgan fingerprint density at radius 3 is 2.44 bits per heavy atom. The van der Waals surface area contributed by atoms with E-state index >= 15 is 0 Å². The van der Waals surface area contributed by atoms with Gasteiger partial charge in [0, 0.05) is 15.6 Å². The molecule has 96 valence electrons. The highest BCUT2D eigenvalue weighted by Crippen LogP contribution is 2.26. The van der Waals surface area contributed by atoms with Crippen LogP contribution in [0.2, 0.25) is 5.02 Å². The zero-order valence-corrected chi connectivity index (χ0v) is 12.1. The van der Waals surface area contributed by atoms with E-state index in [9.17, 15) is 9.59 Å². The van der Waals surface area contributed by atoms with Crippen LogP contribution in [0.3, 0.4) is 0 Å². The maximum atomic E-state index is 11.8. The van der Waals surface area contributed by atoms with E-state index in [1.165, 1.54) is 13.8 Å². The molecule has 0 saturated heterocycles. The van der Waals surface area contributed by atoms with Crippen LogP contribution in [0.4, 0.5) is 5.69 Å². The molecule has 0 heterocycles. The fraction of sp³-hybridized carbons (Fsp3) is 0.167. The molecule has 0 radical (unpaired) electrons. The van der Waals surface area contributed by atoms with Gasteiger partial charge in [0.2, 0.25) is 0 Å². The molecule has 1 rings (SSSR count). The first kappa shape index (κ1) is 14.7. The molecule has 0 spiro atoms. The summed E-state index contributed by atoms with van der Waals surface area (Å²) in [6.45, 7) is 2.82. The zero-order chi connectivity index (χ0) is 13.9. The summed E-state index contributed by atoms with van der Waals surface area (Å²) < 4.78 is 0.763. The van der Waals surface area contributed by atoms with Crippen molar-refractivity contribution in [2.24, 2.45) is 0 Å². The Hall–Kier alpha value is -1.33. The van der Waals surface area contributed by atoms with Crippen LogP contribution in [0.5, 0.6) is 0 Å². The Morgan fingerprint density at radius 1 is 1.28 bits per heavy atom. The molecule has 0 bridgehead atoms. The minimum atomic E-state index is -1.12. The zero-order valence-electron chi connectivity index (χ0n) is 9.75. The lowest BCUT2D eigenvalue weighted by Gasteiger charge is -2.09. The molecule has 1 aromatic rings. The third kappa shape index (κ3) is 3.58. The van der Waals surface area contributed by atoms with E-state index in [0.29, 0.717) is 10.7 Å². The van der Waals surface area contributed by atoms with Crippen LogP contribution in [-0.2, 0) is 9.59 Å². The van der Waals surface area contributed by atoms with Gasteiger partial charge in [0.15, 0.2) is 0 Å². The van der Waals surface area contributed by atoms with Crippen LogP contribution in [0.1, 0.15) is 13.8 Å². The summed E-state index contributed by atoms with van der Waals surface area (Å²) in [5.74, 6) is -1.61. The number of anilines is 1. The molecular formula is C12H11BrClNO3. The summed E-state index contributed by atoms with van der Waals surface area (Å²) in [7, 11) is 0. The van der Waals surface area contributed by atoms with Gasteiger partial charge in [-0.15, -0.1) is 0 Å². The lowest BCUT2D eigenvalue weighted by Crippen LogP contribution is -2.16. The number of hydrogen-bond acceptors (Lipinski definition) is 2. The number of rotatable bonds is 3. The van der Waals surface area contributed by atoms with Gasteiger partial charge in [0.05, 0.1) is 10.7 Å². The normalized spacial score (nSPS) is 11.8. The molecule has 0 fully saturated rings. The average molecular weight is 333 g/mol. The molecule has 0 aliphatic heterocycles. The second-order valence-electron chi connectivity index (χ2n) is 3.63. The van der Waals surface area contributed by atoms with E-state index in [0.717, 1.165) is 4.47 Å². The topological polar surface area (TPSA) is 66.4 Å². The third-order valence-corrected chi connectivity index (χ3v) is 3.22. The molecule has 1 aromatic carbocycles. The number of nitrogens with one attached hydrogen (secondary N) is 1. The van der Waals surface area contributed by atoms with Crippen LogP contribution < -0.4 is 5.32 Å². The van der Waals surface area contributed by atoms with Crippen LogP contribution in [0.15, 0.2) is 33.8 Å². The van der Waals surface area contributed by atoms with E-state index in [-0.39, 0.29) is 11.1 Å². The molecule has 0 aliphatic carbocycles. The second-order valence-corrected chi connectivity index (χ2v) is 4.96. The van der Waals surface area contributed by atoms with Gasteiger partial charge in [-0.25, -0.2) is 4.79 Å². The number of carboxylic acids is 1. The van der Waals surface area contributed by atoms with Gasteiger partial charge in [-0.1, -0.05) is 27.5 Å². The number of benzene rings is 1. The van der Waals surface area contributed by atoms with Gasteiger partial charge in [0.1, 0.15) is 0 Å². The summed E-state index contributed by atoms with van der Waals surface area (Å²) in [4.78, 5) is 22.6. The first-order valence-corrected chi connectivity index (χ1v) is 6.17. The number of halogens is 2. The fourth-order valence-electron chi connectivity index (χ4n) is 1.14. The molecular weight excluding hydrogens is 321 g/mol. The average Bonchev–Trinajstić information content (AvgIpc) is 2.31. The summed E-state index contributed by atoms with van der Waals surface area (Å²) in [6.07, 6.45) is 0. The Balaban J connectivity index is 2.98. The van der Waals surface area contributed by atoms with Gasteiger partial charge >= 0.3 is 5.97 Å². The van der Waals surface area contributed by atoms with Gasteiger partial charge in [-0.05, 0) is 32.0 Å². The van der Waals surface area contributed by atoms with Gasteiger partial charge in [-0.3, -0.25) is 4.79 Å². The van der Waals surface area contributed by atoms with Gasteiger partial charge < -0.3 is 10.4 Å². The molecule has 0 aromatic heterocycles. The lowest BCUT2D eigenvalue weighted by atomic mass is 10.1. The Labute approximate surface area is 118 Å². The molecule has 0 unspecified atom stereocenters. The van der Waals surface area contributed by atoms with Crippen molar-refractivity contribution in [3.8, 4) is 0 Å². The van der Waals surface area contributed by atoms with Crippen molar-refractivity contribution in [3.05, 3.63) is 38.8 Å². The quantitative estimate of drug-likeness (QED) is 0.833. The number of amides is 1. The molecule has 18 heavy (non-hydrogen) atoms. The maximum Gasteiger partial charge on any atom is 0.331 e. The molecule has 1 amide bonds. The number of carbonyl (C=O) groups is 2. The Morgan fingerprint density at radius 2 is 1.89 bits per heavy atom. The number of hydrogen-bond donors (Lipinski definition) is 2. The Kier molecular flexibility index (Phi) is 4.93. The highest BCUT2D eigenvalue weighted by atomic mass is 79.9. The molecule has 4 nitrogen and oxygen atoms in total. The van der Waals surface area contributed by atoms with E-state index in [2.05, 4.69) is 21.2 Å². The SMILES string of the molecule is CC(C(=O)O)=C(C)C(=O)Nc1cc(Br)ccc1Cl. The third-order valence-electron chi connectivity index (χ3n) is 2.40. The smallest absolute Gasteiger partial charge is 0.331 e. The molecule has 6 heteroatoms. The number of aliphatic carboxylic acids is 1. The summed E-state index contributed by atoms with van der Waals surface area (Å²) in [5.41, 5.74) is 0.561. The standard InChI is InChI=1S/C12H11BrClNO3/c1-6(7(2)12(17)18)11(16)15-10-5-8(13)3-4-9(10)14/h3-5H,1-2H3,(H,15,16)(H,17,18). The number of carboxylic acid groups (broad SMARTS) is 1. The highest BCUT2D eigenvalue weighted by Gasteiger charge is 2.14. The van der Waals surface area contributed by atoms with Crippen LogP contribution in [-0.4, -0.2) is 17.0 Å². The largest absolute Gasteiger partial charge is 0.478 e. The first-order chi connectivity index (χ1) is 8.32. The van der Waals surface area contributed by atoms with Gasteiger partial charge in [0.25, 0.3) is 5.91 Å². The fourth-order valence-corrected chi connectivity index (χ4v) is 1.67. The molecule has 2 N–H and O–H groups in total. The van der Waals surface area contributed by atoms with Gasteiger partial charge in [-0.2, -0.15) is 0 Å². The predicted molar refractivity (Wildman–Crippen MR) is 73.8 cm³/mol. The summed E-state index contributed by atoms with van der Waals surface area (Å²) >= 11 is 9.18. The number of carbonyl (C=O) groups excluding carboxylic acids is 1. The molecule has 0 saturated carbocycles. The van der Waals surface area contributed by atoms with E-state index in [4.69, 9.17) is 16.7 Å². The van der Waals surface area contributed by atoms with Crippen LogP contribution >= 0.6 is 27.5 Å². The van der Waals surface area contributed by atoms with E-state index < -0.39 is 11.9 Å². The van der Waals surface area contributed by atoms with Crippen molar-refractivity contribution in [2.45, 2.75) is 13.8 Å². The van der Waals surface area contributed by atoms with Crippen molar-refractivity contribution >= 4 is 45.1 Å². The monoisotopic (exact) mass is 331 g/mol. The summed E-state index contributed by atoms with van der Waals surface area (Å²) in [5, 5.41) is 11.7. The molecule has 0 aliphatic rings. The van der Waals surface area contributed by atoms with E-state index in [1.54, 1.807) is 18.2 Å². The van der Waals surface area contributed by atoms with Crippen molar-refractivity contribution in [1.82, 2.24) is 0 Å². The predicted octanol–water partition coefficient (Wildman–Crippen LogP) is 3.46. The van der Waals surface area contributed by atoms with Crippen molar-refractivity contribution in [3.63, 3.8) is 0 Å². The maximum absolute atomic E-state index is 11.8. The minimum Gasteiger partial charge on any atom is -0.478 e. The first-order valence-electron chi connectivity index (χ1n) is 5.00. The lowest BCUT2D eigenvalue weighted by molar-refractivity contribution is -0.133. The van der Waals surface area contributed by atoms with Crippen molar-refractivity contribution < 1.29 is 14.7 Å². The van der Waals surface area contributed by atoms with Crippen LogP contribution in [0, 0.1) is 0 Å². The minimum absolute atomic E-state index is 0.00128.